The lowest BCUT2D eigenvalue weighted by Gasteiger charge is -2.06. The van der Waals surface area contributed by atoms with E-state index < -0.39 is 5.97 Å². The van der Waals surface area contributed by atoms with E-state index in [-0.39, 0.29) is 11.7 Å². The third-order valence-corrected chi connectivity index (χ3v) is 1.91. The zero-order valence-corrected chi connectivity index (χ0v) is 9.14. The Morgan fingerprint density at radius 2 is 2.18 bits per heavy atom. The van der Waals surface area contributed by atoms with Crippen LogP contribution < -0.4 is 16.4 Å². The largest absolute Gasteiger partial charge is 0.477 e. The van der Waals surface area contributed by atoms with Crippen LogP contribution in [0.3, 0.4) is 0 Å². The maximum atomic E-state index is 11.3. The van der Waals surface area contributed by atoms with Gasteiger partial charge in [0.05, 0.1) is 11.9 Å². The van der Waals surface area contributed by atoms with Gasteiger partial charge in [0, 0.05) is 6.54 Å². The Labute approximate surface area is 98.0 Å². The molecule has 17 heavy (non-hydrogen) atoms. The van der Waals surface area contributed by atoms with Crippen molar-refractivity contribution in [2.45, 2.75) is 6.42 Å². The monoisotopic (exact) mass is 238 g/mol. The van der Waals surface area contributed by atoms with E-state index in [9.17, 15) is 9.59 Å². The molecule has 7 nitrogen and oxygen atoms in total. The van der Waals surface area contributed by atoms with E-state index in [2.05, 4.69) is 15.6 Å². The molecule has 2 amide bonds. The average molecular weight is 238 g/mol. The van der Waals surface area contributed by atoms with E-state index in [1.54, 1.807) is 0 Å². The number of urea groups is 1. The summed E-state index contributed by atoms with van der Waals surface area (Å²) in [5.74, 6) is -1.11. The van der Waals surface area contributed by atoms with Gasteiger partial charge in [-0.15, -0.1) is 0 Å². The second-order valence-electron chi connectivity index (χ2n) is 3.26. The molecule has 0 bridgehead atoms. The fraction of sp³-hybridized carbons (Fsp3) is 0.300. The molecule has 0 aliphatic rings. The predicted molar refractivity (Wildman–Crippen MR) is 61.9 cm³/mol. The van der Waals surface area contributed by atoms with Gasteiger partial charge in [-0.25, -0.2) is 14.6 Å². The Hall–Kier alpha value is -2.15. The Kier molecular flexibility index (Phi) is 4.89. The van der Waals surface area contributed by atoms with Gasteiger partial charge in [-0.2, -0.15) is 0 Å². The lowest BCUT2D eigenvalue weighted by atomic mass is 10.3. The molecular formula is C10H14N4O3. The molecule has 1 rings (SSSR count). The molecule has 5 N–H and O–H groups in total. The van der Waals surface area contributed by atoms with Crippen molar-refractivity contribution in [2.75, 3.05) is 18.4 Å². The molecule has 1 aromatic rings. The van der Waals surface area contributed by atoms with E-state index in [1.807, 2.05) is 0 Å². The fourth-order valence-corrected chi connectivity index (χ4v) is 1.07. The highest BCUT2D eigenvalue weighted by Gasteiger charge is 2.05. The summed E-state index contributed by atoms with van der Waals surface area (Å²) in [7, 11) is 0. The minimum Gasteiger partial charge on any atom is -0.477 e. The first-order valence-electron chi connectivity index (χ1n) is 5.07. The van der Waals surface area contributed by atoms with Crippen LogP contribution in [0.1, 0.15) is 16.9 Å². The number of rotatable bonds is 5. The minimum absolute atomic E-state index is 0.0703. The number of carbonyl (C=O) groups is 2. The number of amides is 2. The zero-order valence-electron chi connectivity index (χ0n) is 9.14. The van der Waals surface area contributed by atoms with Crippen LogP contribution in [0.25, 0.3) is 0 Å². The molecule has 0 aliphatic carbocycles. The molecule has 0 radical (unpaired) electrons. The fourth-order valence-electron chi connectivity index (χ4n) is 1.07. The average Bonchev–Trinajstić information content (AvgIpc) is 2.30. The SMILES string of the molecule is NCCCNC(=O)Nc1ccc(C(=O)O)nc1. The number of aromatic carboxylic acids is 1. The van der Waals surface area contributed by atoms with Crippen LogP contribution >= 0.6 is 0 Å². The molecule has 0 saturated heterocycles. The third-order valence-electron chi connectivity index (χ3n) is 1.91. The van der Waals surface area contributed by atoms with E-state index in [0.29, 0.717) is 25.2 Å². The Morgan fingerprint density at radius 1 is 1.41 bits per heavy atom. The number of nitrogens with zero attached hydrogens (tertiary/aromatic N) is 1. The Balaban J connectivity index is 2.46. The summed E-state index contributed by atoms with van der Waals surface area (Å²) in [6.07, 6.45) is 1.98. The van der Waals surface area contributed by atoms with Crippen LogP contribution in [-0.2, 0) is 0 Å². The third kappa shape index (κ3) is 4.47. The Morgan fingerprint density at radius 3 is 2.71 bits per heavy atom. The van der Waals surface area contributed by atoms with Gasteiger partial charge in [-0.05, 0) is 25.1 Å². The van der Waals surface area contributed by atoms with Crippen molar-refractivity contribution >= 4 is 17.7 Å². The molecule has 0 saturated carbocycles. The Bertz CT molecular complexity index is 391. The first-order valence-corrected chi connectivity index (χ1v) is 5.07. The normalized spacial score (nSPS) is 9.71. The summed E-state index contributed by atoms with van der Waals surface area (Å²) >= 11 is 0. The first kappa shape index (κ1) is 12.9. The summed E-state index contributed by atoms with van der Waals surface area (Å²) < 4.78 is 0. The van der Waals surface area contributed by atoms with Crippen LogP contribution in [0.5, 0.6) is 0 Å². The number of carboxylic acid groups (broad SMARTS) is 1. The van der Waals surface area contributed by atoms with Crippen LogP contribution in [0, 0.1) is 0 Å². The second kappa shape index (κ2) is 6.44. The van der Waals surface area contributed by atoms with Gasteiger partial charge in [0.15, 0.2) is 0 Å². The quantitative estimate of drug-likeness (QED) is 0.548. The summed E-state index contributed by atoms with van der Waals surface area (Å²) in [5, 5.41) is 13.7. The number of hydrogen-bond acceptors (Lipinski definition) is 4. The van der Waals surface area contributed by atoms with Gasteiger partial charge in [0.2, 0.25) is 0 Å². The van der Waals surface area contributed by atoms with Crippen LogP contribution in [0.15, 0.2) is 18.3 Å². The molecule has 1 aromatic heterocycles. The molecule has 0 atom stereocenters. The van der Waals surface area contributed by atoms with E-state index in [1.165, 1.54) is 18.3 Å². The number of nitrogens with two attached hydrogens (primary N) is 1. The standard InChI is InChI=1S/C10H14N4O3/c11-4-1-5-12-10(17)14-7-2-3-8(9(15)16)13-6-7/h2-3,6H,1,4-5,11H2,(H,15,16)(H2,12,14,17). The molecule has 0 unspecified atom stereocenters. The number of hydrogen-bond donors (Lipinski definition) is 4. The van der Waals surface area contributed by atoms with Crippen molar-refractivity contribution in [1.29, 1.82) is 0 Å². The molecule has 92 valence electrons. The maximum absolute atomic E-state index is 11.3. The van der Waals surface area contributed by atoms with Crippen molar-refractivity contribution < 1.29 is 14.7 Å². The minimum atomic E-state index is -1.11. The molecular weight excluding hydrogens is 224 g/mol. The van der Waals surface area contributed by atoms with E-state index in [4.69, 9.17) is 10.8 Å². The molecule has 0 fully saturated rings. The van der Waals surface area contributed by atoms with E-state index >= 15 is 0 Å². The molecule has 7 heteroatoms. The van der Waals surface area contributed by atoms with Gasteiger partial charge in [-0.1, -0.05) is 0 Å². The van der Waals surface area contributed by atoms with Crippen molar-refractivity contribution in [3.63, 3.8) is 0 Å². The second-order valence-corrected chi connectivity index (χ2v) is 3.26. The topological polar surface area (TPSA) is 117 Å². The zero-order chi connectivity index (χ0) is 12.7. The summed E-state index contributed by atoms with van der Waals surface area (Å²) in [6, 6.07) is 2.42. The smallest absolute Gasteiger partial charge is 0.354 e. The van der Waals surface area contributed by atoms with Crippen molar-refractivity contribution in [2.24, 2.45) is 5.73 Å². The van der Waals surface area contributed by atoms with Crippen LogP contribution in [0.4, 0.5) is 10.5 Å². The highest BCUT2D eigenvalue weighted by Crippen LogP contribution is 2.05. The summed E-state index contributed by atoms with van der Waals surface area (Å²) in [5.41, 5.74) is 5.64. The number of anilines is 1. The van der Waals surface area contributed by atoms with Crippen LogP contribution in [-0.4, -0.2) is 35.2 Å². The maximum Gasteiger partial charge on any atom is 0.354 e. The number of nitrogens with one attached hydrogen (secondary N) is 2. The lowest BCUT2D eigenvalue weighted by molar-refractivity contribution is 0.0690. The predicted octanol–water partition coefficient (Wildman–Crippen LogP) is 0.250. The molecule has 0 aromatic carbocycles. The number of carbonyl (C=O) groups excluding carboxylic acids is 1. The lowest BCUT2D eigenvalue weighted by Crippen LogP contribution is -2.30. The van der Waals surface area contributed by atoms with Crippen LogP contribution in [0.2, 0.25) is 0 Å². The van der Waals surface area contributed by atoms with Gasteiger partial charge < -0.3 is 21.5 Å². The summed E-state index contributed by atoms with van der Waals surface area (Å²) in [6.45, 7) is 0.998. The first-order chi connectivity index (χ1) is 8.13. The molecule has 0 spiro atoms. The van der Waals surface area contributed by atoms with Gasteiger partial charge in [0.25, 0.3) is 0 Å². The van der Waals surface area contributed by atoms with Gasteiger partial charge in [-0.3, -0.25) is 0 Å². The van der Waals surface area contributed by atoms with Crippen molar-refractivity contribution in [3.05, 3.63) is 24.0 Å². The summed E-state index contributed by atoms with van der Waals surface area (Å²) in [4.78, 5) is 25.5. The van der Waals surface area contributed by atoms with Gasteiger partial charge >= 0.3 is 12.0 Å². The highest BCUT2D eigenvalue weighted by atomic mass is 16.4. The number of carboxylic acids is 1. The highest BCUT2D eigenvalue weighted by molar-refractivity contribution is 5.90. The van der Waals surface area contributed by atoms with E-state index in [0.717, 1.165) is 0 Å². The van der Waals surface area contributed by atoms with Crippen molar-refractivity contribution in [1.82, 2.24) is 10.3 Å². The number of aromatic nitrogens is 1. The molecule has 0 aliphatic heterocycles. The molecule has 1 heterocycles. The van der Waals surface area contributed by atoms with Crippen molar-refractivity contribution in [3.8, 4) is 0 Å². The number of pyridine rings is 1. The van der Waals surface area contributed by atoms with Gasteiger partial charge in [0.1, 0.15) is 5.69 Å².